The van der Waals surface area contributed by atoms with E-state index in [0.29, 0.717) is 5.02 Å². The molecule has 27 heavy (non-hydrogen) atoms. The zero-order valence-corrected chi connectivity index (χ0v) is 17.1. The van der Waals surface area contributed by atoms with E-state index >= 15 is 0 Å². The number of aromatic nitrogens is 2. The van der Waals surface area contributed by atoms with Crippen LogP contribution in [-0.4, -0.2) is 9.55 Å². The molecule has 0 saturated carbocycles. The van der Waals surface area contributed by atoms with Crippen molar-refractivity contribution < 1.29 is 4.74 Å². The number of hydrogen-bond donors (Lipinski definition) is 0. The number of imidazole rings is 1. The minimum absolute atomic E-state index is 0.126. The number of para-hydroxylation sites is 2. The minimum atomic E-state index is -0.126. The summed E-state index contributed by atoms with van der Waals surface area (Å²) < 4.78 is 8.47. The molecule has 3 nitrogen and oxygen atoms in total. The van der Waals surface area contributed by atoms with Crippen LogP contribution in [0.1, 0.15) is 64.3 Å². The third-order valence-corrected chi connectivity index (χ3v) is 5.16. The van der Waals surface area contributed by atoms with Crippen LogP contribution in [0.5, 0.6) is 5.75 Å². The maximum atomic E-state index is 6.14. The second-order valence-corrected chi connectivity index (χ2v) is 7.53. The van der Waals surface area contributed by atoms with Gasteiger partial charge in [0.1, 0.15) is 5.75 Å². The normalized spacial score (nSPS) is 12.4. The van der Waals surface area contributed by atoms with Gasteiger partial charge in [-0.05, 0) is 49.7 Å². The van der Waals surface area contributed by atoms with E-state index in [4.69, 9.17) is 21.3 Å². The van der Waals surface area contributed by atoms with Gasteiger partial charge in [-0.25, -0.2) is 4.98 Å². The van der Waals surface area contributed by atoms with Crippen molar-refractivity contribution in [1.29, 1.82) is 0 Å². The van der Waals surface area contributed by atoms with E-state index in [1.807, 2.05) is 30.3 Å². The van der Waals surface area contributed by atoms with E-state index in [0.717, 1.165) is 23.6 Å². The van der Waals surface area contributed by atoms with Crippen LogP contribution in [0.4, 0.5) is 0 Å². The molecule has 1 heterocycles. The fraction of sp³-hybridized carbons (Fsp3) is 0.435. The molecule has 0 spiro atoms. The van der Waals surface area contributed by atoms with Gasteiger partial charge in [-0.2, -0.15) is 0 Å². The average Bonchev–Trinajstić information content (AvgIpc) is 3.05. The highest BCUT2D eigenvalue weighted by Gasteiger charge is 2.17. The molecule has 0 N–H and O–H groups in total. The highest BCUT2D eigenvalue weighted by molar-refractivity contribution is 6.30. The van der Waals surface area contributed by atoms with Crippen LogP contribution in [-0.2, 0) is 6.54 Å². The highest BCUT2D eigenvalue weighted by Crippen LogP contribution is 2.26. The number of aryl methyl sites for hydroxylation is 1. The Balaban J connectivity index is 1.73. The molecule has 0 saturated heterocycles. The van der Waals surface area contributed by atoms with Crippen LogP contribution in [0.3, 0.4) is 0 Å². The third kappa shape index (κ3) is 5.26. The monoisotopic (exact) mass is 384 g/mol. The number of halogens is 1. The molecule has 1 aromatic heterocycles. The summed E-state index contributed by atoms with van der Waals surface area (Å²) >= 11 is 5.97. The summed E-state index contributed by atoms with van der Waals surface area (Å²) in [4.78, 5) is 4.87. The molecule has 3 aromatic rings. The van der Waals surface area contributed by atoms with Crippen molar-refractivity contribution in [1.82, 2.24) is 9.55 Å². The maximum Gasteiger partial charge on any atom is 0.153 e. The quantitative estimate of drug-likeness (QED) is 0.346. The zero-order valence-electron chi connectivity index (χ0n) is 16.3. The van der Waals surface area contributed by atoms with Gasteiger partial charge in [0.25, 0.3) is 0 Å². The SMILES string of the molecule is CCCCCCCCn1c(C(C)Oc2ccc(Cl)cc2)nc2ccccc21. The van der Waals surface area contributed by atoms with Crippen LogP contribution >= 0.6 is 11.6 Å². The van der Waals surface area contributed by atoms with Gasteiger partial charge in [0, 0.05) is 11.6 Å². The topological polar surface area (TPSA) is 27.1 Å². The molecule has 3 rings (SSSR count). The Morgan fingerprint density at radius 1 is 0.963 bits per heavy atom. The largest absolute Gasteiger partial charge is 0.483 e. The lowest BCUT2D eigenvalue weighted by Crippen LogP contribution is -2.12. The first-order valence-electron chi connectivity index (χ1n) is 10.1. The Morgan fingerprint density at radius 3 is 2.44 bits per heavy atom. The summed E-state index contributed by atoms with van der Waals surface area (Å²) in [6.45, 7) is 5.30. The summed E-state index contributed by atoms with van der Waals surface area (Å²) in [6, 6.07) is 15.9. The lowest BCUT2D eigenvalue weighted by atomic mass is 10.1. The molecule has 0 bridgehead atoms. The number of unbranched alkanes of at least 4 members (excludes halogenated alkanes) is 5. The average molecular weight is 385 g/mol. The predicted octanol–water partition coefficient (Wildman–Crippen LogP) is 7.19. The molecular weight excluding hydrogens is 356 g/mol. The van der Waals surface area contributed by atoms with Gasteiger partial charge >= 0.3 is 0 Å². The molecule has 0 amide bonds. The van der Waals surface area contributed by atoms with Crippen molar-refractivity contribution in [3.63, 3.8) is 0 Å². The first-order valence-corrected chi connectivity index (χ1v) is 10.4. The van der Waals surface area contributed by atoms with Crippen molar-refractivity contribution >= 4 is 22.6 Å². The van der Waals surface area contributed by atoms with Crippen molar-refractivity contribution in [3.05, 3.63) is 59.4 Å². The second-order valence-electron chi connectivity index (χ2n) is 7.09. The highest BCUT2D eigenvalue weighted by atomic mass is 35.5. The van der Waals surface area contributed by atoms with Crippen LogP contribution in [0.25, 0.3) is 11.0 Å². The molecule has 0 radical (unpaired) electrons. The number of benzene rings is 2. The summed E-state index contributed by atoms with van der Waals surface area (Å²) in [5, 5.41) is 0.713. The van der Waals surface area contributed by atoms with Gasteiger partial charge in [-0.15, -0.1) is 0 Å². The number of ether oxygens (including phenoxy) is 1. The van der Waals surface area contributed by atoms with E-state index < -0.39 is 0 Å². The number of nitrogens with zero attached hydrogens (tertiary/aromatic N) is 2. The summed E-state index contributed by atoms with van der Waals surface area (Å²) in [5.74, 6) is 1.80. The molecule has 144 valence electrons. The van der Waals surface area contributed by atoms with Crippen LogP contribution < -0.4 is 4.74 Å². The fourth-order valence-corrected chi connectivity index (χ4v) is 3.59. The first kappa shape index (κ1) is 19.8. The van der Waals surface area contributed by atoms with Crippen LogP contribution in [0.2, 0.25) is 5.02 Å². The van der Waals surface area contributed by atoms with E-state index in [2.05, 4.69) is 36.6 Å². The van der Waals surface area contributed by atoms with Gasteiger partial charge < -0.3 is 9.30 Å². The van der Waals surface area contributed by atoms with Crippen molar-refractivity contribution in [2.75, 3.05) is 0 Å². The summed E-state index contributed by atoms with van der Waals surface area (Å²) in [5.41, 5.74) is 2.22. The van der Waals surface area contributed by atoms with E-state index in [1.165, 1.54) is 44.0 Å². The minimum Gasteiger partial charge on any atom is -0.483 e. The van der Waals surface area contributed by atoms with Crippen molar-refractivity contribution in [3.8, 4) is 5.75 Å². The van der Waals surface area contributed by atoms with Gasteiger partial charge in [0.2, 0.25) is 0 Å². The molecular formula is C23H29ClN2O. The molecule has 0 aliphatic heterocycles. The third-order valence-electron chi connectivity index (χ3n) is 4.91. The maximum absolute atomic E-state index is 6.14. The lowest BCUT2D eigenvalue weighted by molar-refractivity contribution is 0.211. The lowest BCUT2D eigenvalue weighted by Gasteiger charge is -2.17. The van der Waals surface area contributed by atoms with Gasteiger partial charge in [0.15, 0.2) is 11.9 Å². The number of rotatable bonds is 10. The molecule has 0 fully saturated rings. The first-order chi connectivity index (χ1) is 13.2. The summed E-state index contributed by atoms with van der Waals surface area (Å²) in [6.07, 6.45) is 7.58. The van der Waals surface area contributed by atoms with E-state index in [1.54, 1.807) is 0 Å². The van der Waals surface area contributed by atoms with Gasteiger partial charge in [0.05, 0.1) is 11.0 Å². The Kier molecular flexibility index (Phi) is 7.17. The van der Waals surface area contributed by atoms with Crippen molar-refractivity contribution in [2.24, 2.45) is 0 Å². The number of fused-ring (bicyclic) bond motifs is 1. The molecule has 2 aromatic carbocycles. The fourth-order valence-electron chi connectivity index (χ4n) is 3.46. The van der Waals surface area contributed by atoms with E-state index in [9.17, 15) is 0 Å². The molecule has 1 unspecified atom stereocenters. The Bertz CT molecular complexity index is 841. The summed E-state index contributed by atoms with van der Waals surface area (Å²) in [7, 11) is 0. The smallest absolute Gasteiger partial charge is 0.153 e. The van der Waals surface area contributed by atoms with Crippen LogP contribution in [0.15, 0.2) is 48.5 Å². The standard InChI is InChI=1S/C23H29ClN2O/c1-3-4-5-6-7-10-17-26-22-12-9-8-11-21(22)25-23(26)18(2)27-20-15-13-19(24)14-16-20/h8-9,11-16,18H,3-7,10,17H2,1-2H3. The second kappa shape index (κ2) is 9.80. The van der Waals surface area contributed by atoms with Crippen LogP contribution in [0, 0.1) is 0 Å². The Labute approximate surface area is 167 Å². The van der Waals surface area contributed by atoms with Crippen molar-refractivity contribution in [2.45, 2.75) is 65.0 Å². The molecule has 4 heteroatoms. The van der Waals surface area contributed by atoms with Gasteiger partial charge in [-0.1, -0.05) is 62.8 Å². The Hall–Kier alpha value is -2.00. The van der Waals surface area contributed by atoms with Gasteiger partial charge in [-0.3, -0.25) is 0 Å². The Morgan fingerprint density at radius 2 is 1.67 bits per heavy atom. The molecule has 0 aliphatic carbocycles. The van der Waals surface area contributed by atoms with E-state index in [-0.39, 0.29) is 6.10 Å². The zero-order chi connectivity index (χ0) is 19.1. The molecule has 1 atom stereocenters. The molecule has 0 aliphatic rings. The number of hydrogen-bond acceptors (Lipinski definition) is 2. The predicted molar refractivity (Wildman–Crippen MR) is 114 cm³/mol.